The Morgan fingerprint density at radius 1 is 1.35 bits per heavy atom. The molecule has 1 unspecified atom stereocenters. The average Bonchev–Trinajstić information content (AvgIpc) is 2.76. The van der Waals surface area contributed by atoms with Gasteiger partial charge in [0.2, 0.25) is 5.91 Å². The van der Waals surface area contributed by atoms with Crippen molar-refractivity contribution < 1.29 is 14.4 Å². The van der Waals surface area contributed by atoms with Crippen LogP contribution in [0.25, 0.3) is 0 Å². The van der Waals surface area contributed by atoms with E-state index in [2.05, 4.69) is 21.2 Å². The molecule has 2 rings (SSSR count). The number of nitriles is 1. The molecule has 1 N–H and O–H groups in total. The quantitative estimate of drug-likeness (QED) is 0.768. The molecule has 7 heteroatoms. The molecule has 0 bridgehead atoms. The third kappa shape index (κ3) is 3.96. The van der Waals surface area contributed by atoms with E-state index in [1.165, 1.54) is 4.90 Å². The van der Waals surface area contributed by atoms with Crippen LogP contribution in [0.1, 0.15) is 40.5 Å². The maximum Gasteiger partial charge on any atom is 0.261 e. The molecule has 0 radical (unpaired) electrons. The SMILES string of the molecule is CC(C#N)CNC(=O)CCCN1C(=O)c2ccc(Br)cc2C1=O. The molecule has 1 aromatic rings. The van der Waals surface area contributed by atoms with Gasteiger partial charge < -0.3 is 5.32 Å². The number of hydrogen-bond acceptors (Lipinski definition) is 4. The first kappa shape index (κ1) is 17.2. The van der Waals surface area contributed by atoms with Crippen LogP contribution in [0.2, 0.25) is 0 Å². The van der Waals surface area contributed by atoms with Gasteiger partial charge in [0.05, 0.1) is 23.1 Å². The largest absolute Gasteiger partial charge is 0.355 e. The summed E-state index contributed by atoms with van der Waals surface area (Å²) in [6, 6.07) is 7.00. The van der Waals surface area contributed by atoms with Crippen LogP contribution in [0.4, 0.5) is 0 Å². The second-order valence-electron chi connectivity index (χ2n) is 5.39. The van der Waals surface area contributed by atoms with Crippen molar-refractivity contribution in [3.63, 3.8) is 0 Å². The van der Waals surface area contributed by atoms with E-state index in [1.807, 2.05) is 6.07 Å². The number of imide groups is 1. The lowest BCUT2D eigenvalue weighted by atomic mass is 10.1. The Labute approximate surface area is 142 Å². The van der Waals surface area contributed by atoms with E-state index in [1.54, 1.807) is 25.1 Å². The fourth-order valence-corrected chi connectivity index (χ4v) is 2.63. The number of amides is 3. The summed E-state index contributed by atoms with van der Waals surface area (Å²) < 4.78 is 0.741. The number of carbonyl (C=O) groups excluding carboxylic acids is 3. The fourth-order valence-electron chi connectivity index (χ4n) is 2.26. The van der Waals surface area contributed by atoms with Gasteiger partial charge >= 0.3 is 0 Å². The summed E-state index contributed by atoms with van der Waals surface area (Å²) in [5, 5.41) is 11.3. The molecule has 0 fully saturated rings. The van der Waals surface area contributed by atoms with Crippen LogP contribution in [-0.2, 0) is 4.79 Å². The Morgan fingerprint density at radius 2 is 2.04 bits per heavy atom. The number of benzene rings is 1. The molecule has 1 aliphatic rings. The number of carbonyl (C=O) groups is 3. The summed E-state index contributed by atoms with van der Waals surface area (Å²) in [4.78, 5) is 37.3. The summed E-state index contributed by atoms with van der Waals surface area (Å²) >= 11 is 3.28. The van der Waals surface area contributed by atoms with E-state index in [0.717, 1.165) is 4.47 Å². The molecule has 120 valence electrons. The van der Waals surface area contributed by atoms with E-state index in [9.17, 15) is 14.4 Å². The zero-order valence-corrected chi connectivity index (χ0v) is 14.2. The predicted octanol–water partition coefficient (Wildman–Crippen LogP) is 2.10. The topological polar surface area (TPSA) is 90.3 Å². The van der Waals surface area contributed by atoms with Gasteiger partial charge in [-0.05, 0) is 31.5 Å². The van der Waals surface area contributed by atoms with Gasteiger partial charge in [0.15, 0.2) is 0 Å². The highest BCUT2D eigenvalue weighted by molar-refractivity contribution is 9.10. The Hall–Kier alpha value is -2.20. The van der Waals surface area contributed by atoms with Crippen LogP contribution in [0, 0.1) is 17.2 Å². The molecular weight excluding hydrogens is 362 g/mol. The van der Waals surface area contributed by atoms with Crippen LogP contribution >= 0.6 is 15.9 Å². The Morgan fingerprint density at radius 3 is 2.74 bits per heavy atom. The highest BCUT2D eigenvalue weighted by Crippen LogP contribution is 2.26. The molecule has 23 heavy (non-hydrogen) atoms. The highest BCUT2D eigenvalue weighted by Gasteiger charge is 2.35. The number of fused-ring (bicyclic) bond motifs is 1. The van der Waals surface area contributed by atoms with Crippen molar-refractivity contribution in [2.24, 2.45) is 5.92 Å². The van der Waals surface area contributed by atoms with Gasteiger partial charge in [-0.3, -0.25) is 19.3 Å². The van der Waals surface area contributed by atoms with Gasteiger partial charge in [-0.15, -0.1) is 0 Å². The van der Waals surface area contributed by atoms with E-state index < -0.39 is 0 Å². The first-order valence-electron chi connectivity index (χ1n) is 7.26. The number of nitrogens with zero attached hydrogens (tertiary/aromatic N) is 2. The van der Waals surface area contributed by atoms with Crippen molar-refractivity contribution in [2.45, 2.75) is 19.8 Å². The maximum absolute atomic E-state index is 12.2. The highest BCUT2D eigenvalue weighted by atomic mass is 79.9. The molecule has 3 amide bonds. The van der Waals surface area contributed by atoms with Crippen molar-refractivity contribution in [1.82, 2.24) is 10.2 Å². The zero-order valence-electron chi connectivity index (χ0n) is 12.6. The molecule has 0 saturated heterocycles. The summed E-state index contributed by atoms with van der Waals surface area (Å²) in [5.41, 5.74) is 0.780. The molecule has 0 aliphatic carbocycles. The first-order valence-corrected chi connectivity index (χ1v) is 8.05. The normalized spacial score (nSPS) is 14.4. The van der Waals surface area contributed by atoms with Crippen LogP contribution in [0.3, 0.4) is 0 Å². The van der Waals surface area contributed by atoms with Crippen LogP contribution in [0.5, 0.6) is 0 Å². The van der Waals surface area contributed by atoms with Crippen LogP contribution in [0.15, 0.2) is 22.7 Å². The lowest BCUT2D eigenvalue weighted by Crippen LogP contribution is -2.32. The summed E-state index contributed by atoms with van der Waals surface area (Å²) in [6.07, 6.45) is 0.592. The first-order chi connectivity index (χ1) is 10.9. The minimum absolute atomic E-state index is 0.188. The smallest absolute Gasteiger partial charge is 0.261 e. The average molecular weight is 378 g/mol. The number of halogens is 1. The molecule has 0 aromatic heterocycles. The molecule has 1 heterocycles. The molecule has 0 spiro atoms. The van der Waals surface area contributed by atoms with E-state index in [0.29, 0.717) is 24.1 Å². The molecule has 1 atom stereocenters. The third-order valence-electron chi connectivity index (χ3n) is 3.54. The van der Waals surface area contributed by atoms with Gasteiger partial charge in [0.1, 0.15) is 0 Å². The number of rotatable bonds is 6. The van der Waals surface area contributed by atoms with Crippen molar-refractivity contribution in [3.8, 4) is 6.07 Å². The summed E-state index contributed by atoms with van der Waals surface area (Å²) in [5.74, 6) is -1.08. The Kier molecular flexibility index (Phi) is 5.50. The summed E-state index contributed by atoms with van der Waals surface area (Å²) in [6.45, 7) is 2.22. The molecule has 6 nitrogen and oxygen atoms in total. The standard InChI is InChI=1S/C16H16BrN3O3/c1-10(8-18)9-19-14(21)3-2-6-20-15(22)12-5-4-11(17)7-13(12)16(20)23/h4-5,7,10H,2-3,6,9H2,1H3,(H,19,21). The van der Waals surface area contributed by atoms with E-state index in [-0.39, 0.29) is 36.6 Å². The molecule has 0 saturated carbocycles. The monoisotopic (exact) mass is 377 g/mol. The number of hydrogen-bond donors (Lipinski definition) is 1. The molecular formula is C16H16BrN3O3. The lowest BCUT2D eigenvalue weighted by molar-refractivity contribution is -0.121. The second-order valence-corrected chi connectivity index (χ2v) is 6.31. The zero-order chi connectivity index (χ0) is 17.0. The Balaban J connectivity index is 1.86. The molecule has 1 aliphatic heterocycles. The molecule has 1 aromatic carbocycles. The van der Waals surface area contributed by atoms with Gasteiger partial charge in [-0.25, -0.2) is 0 Å². The van der Waals surface area contributed by atoms with Crippen LogP contribution in [-0.4, -0.2) is 35.7 Å². The minimum Gasteiger partial charge on any atom is -0.355 e. The maximum atomic E-state index is 12.2. The fraction of sp³-hybridized carbons (Fsp3) is 0.375. The van der Waals surface area contributed by atoms with Gasteiger partial charge in [0, 0.05) is 24.0 Å². The minimum atomic E-state index is -0.329. The number of nitrogens with one attached hydrogen (secondary N) is 1. The van der Waals surface area contributed by atoms with Crippen molar-refractivity contribution in [1.29, 1.82) is 5.26 Å². The van der Waals surface area contributed by atoms with Gasteiger partial charge in [0.25, 0.3) is 11.8 Å². The lowest BCUT2D eigenvalue weighted by Gasteiger charge is -2.13. The third-order valence-corrected chi connectivity index (χ3v) is 4.04. The van der Waals surface area contributed by atoms with Crippen molar-refractivity contribution in [3.05, 3.63) is 33.8 Å². The van der Waals surface area contributed by atoms with E-state index in [4.69, 9.17) is 5.26 Å². The van der Waals surface area contributed by atoms with Crippen molar-refractivity contribution in [2.75, 3.05) is 13.1 Å². The van der Waals surface area contributed by atoms with Gasteiger partial charge in [-0.1, -0.05) is 15.9 Å². The van der Waals surface area contributed by atoms with Gasteiger partial charge in [-0.2, -0.15) is 5.26 Å². The predicted molar refractivity (Wildman–Crippen MR) is 86.5 cm³/mol. The van der Waals surface area contributed by atoms with Crippen molar-refractivity contribution >= 4 is 33.7 Å². The summed E-state index contributed by atoms with van der Waals surface area (Å²) in [7, 11) is 0. The Bertz CT molecular complexity index is 696. The second kappa shape index (κ2) is 7.38. The van der Waals surface area contributed by atoms with E-state index >= 15 is 0 Å². The van der Waals surface area contributed by atoms with Crippen LogP contribution < -0.4 is 5.32 Å².